The van der Waals surface area contributed by atoms with E-state index in [1.807, 2.05) is 13.0 Å². The Morgan fingerprint density at radius 1 is 0.762 bits per heavy atom. The summed E-state index contributed by atoms with van der Waals surface area (Å²) in [5, 5.41) is 10.5. The van der Waals surface area contributed by atoms with Gasteiger partial charge in [-0.25, -0.2) is 0 Å². The summed E-state index contributed by atoms with van der Waals surface area (Å²) in [7, 11) is 0. The number of rotatable bonds is 5. The first-order chi connectivity index (χ1) is 20.4. The Labute approximate surface area is 247 Å². The Hall–Kier alpha value is -3.16. The van der Waals surface area contributed by atoms with Crippen molar-refractivity contribution in [2.24, 2.45) is 29.6 Å². The largest absolute Gasteiger partial charge is 0.504 e. The number of phenolic OH excluding ortho intramolecular Hbond substituents is 1. The van der Waals surface area contributed by atoms with E-state index in [1.54, 1.807) is 21.9 Å². The molecule has 2 heterocycles. The van der Waals surface area contributed by atoms with E-state index in [1.165, 1.54) is 0 Å². The van der Waals surface area contributed by atoms with Crippen LogP contribution in [0.4, 0.5) is 0 Å². The molecule has 8 heteroatoms. The molecule has 8 nitrogen and oxygen atoms in total. The van der Waals surface area contributed by atoms with Crippen molar-refractivity contribution in [2.45, 2.75) is 102 Å². The van der Waals surface area contributed by atoms with Gasteiger partial charge >= 0.3 is 0 Å². The molecule has 42 heavy (non-hydrogen) atoms. The van der Waals surface area contributed by atoms with Gasteiger partial charge in [-0.15, -0.1) is 0 Å². The van der Waals surface area contributed by atoms with E-state index in [0.717, 1.165) is 75.3 Å². The number of benzene rings is 1. The van der Waals surface area contributed by atoms with Crippen LogP contribution in [-0.2, 0) is 19.2 Å². The van der Waals surface area contributed by atoms with Crippen LogP contribution < -0.4 is 4.74 Å². The Balaban J connectivity index is 1.30. The molecular weight excluding hydrogens is 532 g/mol. The number of fused-ring (bicyclic) bond motifs is 4. The van der Waals surface area contributed by atoms with Crippen molar-refractivity contribution in [3.05, 3.63) is 35.4 Å². The van der Waals surface area contributed by atoms with Crippen LogP contribution >= 0.6 is 0 Å². The summed E-state index contributed by atoms with van der Waals surface area (Å²) in [5.41, 5.74) is 1.82. The molecule has 0 radical (unpaired) electrons. The average Bonchev–Trinajstić information content (AvgIpc) is 3.42. The molecule has 2 saturated heterocycles. The van der Waals surface area contributed by atoms with Crippen LogP contribution in [0.15, 0.2) is 29.8 Å². The summed E-state index contributed by atoms with van der Waals surface area (Å²) in [5.74, 6) is -2.61. The maximum atomic E-state index is 14.3. The maximum Gasteiger partial charge on any atom is 0.234 e. The summed E-state index contributed by atoms with van der Waals surface area (Å²) < 4.78 is 5.72. The number of likely N-dealkylation sites (tertiary alicyclic amines) is 2. The number of imide groups is 2. The lowest BCUT2D eigenvalue weighted by Gasteiger charge is -2.44. The number of carbonyl (C=O) groups is 4. The molecular formula is C34H42N2O6. The molecule has 0 spiro atoms. The van der Waals surface area contributed by atoms with Crippen LogP contribution in [0.1, 0.15) is 95.5 Å². The number of hydrogen-bond acceptors (Lipinski definition) is 6. The highest BCUT2D eigenvalue weighted by Crippen LogP contribution is 2.59. The van der Waals surface area contributed by atoms with E-state index in [4.69, 9.17) is 4.74 Å². The van der Waals surface area contributed by atoms with Gasteiger partial charge in [-0.2, -0.15) is 0 Å². The van der Waals surface area contributed by atoms with Gasteiger partial charge in [0.1, 0.15) is 0 Å². The highest BCUT2D eigenvalue weighted by molar-refractivity contribution is 6.08. The molecule has 4 amide bonds. The topological polar surface area (TPSA) is 104 Å². The molecule has 6 aliphatic rings. The Morgan fingerprint density at radius 3 is 1.98 bits per heavy atom. The third kappa shape index (κ3) is 4.22. The monoisotopic (exact) mass is 574 g/mol. The minimum atomic E-state index is -0.556. The lowest BCUT2D eigenvalue weighted by Crippen LogP contribution is -2.44. The molecule has 6 atom stereocenters. The third-order valence-corrected chi connectivity index (χ3v) is 11.2. The van der Waals surface area contributed by atoms with E-state index >= 15 is 0 Å². The second-order valence-corrected chi connectivity index (χ2v) is 13.4. The minimum absolute atomic E-state index is 0.0257. The van der Waals surface area contributed by atoms with E-state index in [2.05, 4.69) is 6.08 Å². The predicted molar refractivity (Wildman–Crippen MR) is 154 cm³/mol. The molecule has 4 aliphatic carbocycles. The summed E-state index contributed by atoms with van der Waals surface area (Å²) in [6, 6.07) is 5.13. The van der Waals surface area contributed by atoms with Gasteiger partial charge in [-0.05, 0) is 69.1 Å². The van der Waals surface area contributed by atoms with Crippen LogP contribution in [0, 0.1) is 29.6 Å². The van der Waals surface area contributed by atoms with Crippen LogP contribution in [0.2, 0.25) is 0 Å². The molecule has 1 aromatic carbocycles. The van der Waals surface area contributed by atoms with Gasteiger partial charge in [0.05, 0.1) is 30.3 Å². The fourth-order valence-electron chi connectivity index (χ4n) is 9.41. The first-order valence-corrected chi connectivity index (χ1v) is 16.3. The lowest BCUT2D eigenvalue weighted by molar-refractivity contribution is -0.145. The van der Waals surface area contributed by atoms with Gasteiger partial charge in [0.15, 0.2) is 11.5 Å². The van der Waals surface area contributed by atoms with Crippen LogP contribution in [0.3, 0.4) is 0 Å². The molecule has 0 bridgehead atoms. The normalized spacial score (nSPS) is 33.9. The fourth-order valence-corrected chi connectivity index (χ4v) is 9.41. The van der Waals surface area contributed by atoms with Gasteiger partial charge < -0.3 is 9.84 Å². The highest BCUT2D eigenvalue weighted by atomic mass is 16.5. The molecule has 0 aromatic heterocycles. The summed E-state index contributed by atoms with van der Waals surface area (Å²) in [4.78, 5) is 59.4. The summed E-state index contributed by atoms with van der Waals surface area (Å²) >= 11 is 0. The molecule has 1 N–H and O–H groups in total. The standard InChI is InChI=1S/C34H42N2O6/c1-2-42-27-17-19(13-16-26(27)37)28-22-14-15-23-29(33(40)35(31(23)38)20-9-5-3-6-10-20)24(22)18-25-30(28)34(41)36(32(25)39)21-11-7-4-8-12-21/h13-14,16-17,20-21,23-25,28-30,37H,2-12,15,18H2,1H3. The summed E-state index contributed by atoms with van der Waals surface area (Å²) in [6.07, 6.45) is 12.8. The van der Waals surface area contributed by atoms with Crippen molar-refractivity contribution in [3.63, 3.8) is 0 Å². The quantitative estimate of drug-likeness (QED) is 0.388. The molecule has 2 aliphatic heterocycles. The summed E-state index contributed by atoms with van der Waals surface area (Å²) in [6.45, 7) is 2.23. The third-order valence-electron chi connectivity index (χ3n) is 11.2. The Bertz CT molecular complexity index is 1330. The van der Waals surface area contributed by atoms with Crippen molar-refractivity contribution >= 4 is 23.6 Å². The second-order valence-electron chi connectivity index (χ2n) is 13.4. The number of aromatic hydroxyl groups is 1. The number of carbonyl (C=O) groups excluding carboxylic acids is 4. The van der Waals surface area contributed by atoms with E-state index < -0.39 is 29.6 Å². The van der Waals surface area contributed by atoms with E-state index in [0.29, 0.717) is 25.2 Å². The first-order valence-electron chi connectivity index (χ1n) is 16.3. The van der Waals surface area contributed by atoms with Gasteiger partial charge in [0.2, 0.25) is 23.6 Å². The van der Waals surface area contributed by atoms with Crippen molar-refractivity contribution in [1.82, 2.24) is 9.80 Å². The fraction of sp³-hybridized carbons (Fsp3) is 0.647. The Kier molecular flexibility index (Phi) is 7.14. The molecule has 1 aromatic rings. The first kappa shape index (κ1) is 27.7. The number of phenols is 1. The zero-order valence-electron chi connectivity index (χ0n) is 24.5. The zero-order valence-corrected chi connectivity index (χ0v) is 24.5. The number of amides is 4. The highest BCUT2D eigenvalue weighted by Gasteiger charge is 2.63. The number of nitrogens with zero attached hydrogens (tertiary/aromatic N) is 2. The smallest absolute Gasteiger partial charge is 0.234 e. The minimum Gasteiger partial charge on any atom is -0.504 e. The molecule has 7 rings (SSSR count). The molecule has 6 unspecified atom stereocenters. The van der Waals surface area contributed by atoms with Crippen LogP contribution in [0.25, 0.3) is 0 Å². The van der Waals surface area contributed by atoms with E-state index in [9.17, 15) is 24.3 Å². The zero-order chi connectivity index (χ0) is 29.1. The van der Waals surface area contributed by atoms with Crippen molar-refractivity contribution in [2.75, 3.05) is 6.61 Å². The predicted octanol–water partition coefficient (Wildman–Crippen LogP) is 5.09. The average molecular weight is 575 g/mol. The van der Waals surface area contributed by atoms with E-state index in [-0.39, 0.29) is 47.4 Å². The number of hydrogen-bond donors (Lipinski definition) is 1. The number of allylic oxidation sites excluding steroid dienone is 2. The molecule has 3 saturated carbocycles. The van der Waals surface area contributed by atoms with Gasteiger partial charge in [0, 0.05) is 18.0 Å². The van der Waals surface area contributed by atoms with Crippen molar-refractivity contribution in [1.29, 1.82) is 0 Å². The van der Waals surface area contributed by atoms with Crippen LogP contribution in [0.5, 0.6) is 11.5 Å². The van der Waals surface area contributed by atoms with Crippen molar-refractivity contribution in [3.8, 4) is 11.5 Å². The lowest BCUT2D eigenvalue weighted by atomic mass is 9.57. The molecule has 224 valence electrons. The maximum absolute atomic E-state index is 14.3. The Morgan fingerprint density at radius 2 is 1.36 bits per heavy atom. The number of ether oxygens (including phenoxy) is 1. The SMILES string of the molecule is CCOc1cc(C2C3=CCC4C(=O)N(C5CCCCC5)C(=O)C4C3CC3C(=O)N(C4CCCCC4)C(=O)C32)ccc1O. The van der Waals surface area contributed by atoms with Gasteiger partial charge in [-0.1, -0.05) is 56.2 Å². The van der Waals surface area contributed by atoms with Crippen LogP contribution in [-0.4, -0.2) is 57.2 Å². The van der Waals surface area contributed by atoms with Gasteiger partial charge in [0.25, 0.3) is 0 Å². The molecule has 5 fully saturated rings. The second kappa shape index (κ2) is 10.8. The van der Waals surface area contributed by atoms with Crippen molar-refractivity contribution < 1.29 is 29.0 Å². The van der Waals surface area contributed by atoms with Gasteiger partial charge in [-0.3, -0.25) is 29.0 Å².